The third kappa shape index (κ3) is 2.54. The van der Waals surface area contributed by atoms with Crippen LogP contribution in [0.1, 0.15) is 77.0 Å². The second-order valence-corrected chi connectivity index (χ2v) is 7.02. The monoisotopic (exact) mass is 266 g/mol. The van der Waals surface area contributed by atoms with Gasteiger partial charge in [0.15, 0.2) is 0 Å². The second kappa shape index (κ2) is 5.08. The first kappa shape index (κ1) is 13.4. The molecule has 0 aromatic heterocycles. The molecule has 2 aliphatic carbocycles. The molecule has 1 heterocycles. The van der Waals surface area contributed by atoms with Gasteiger partial charge >= 0.3 is 5.97 Å². The zero-order chi connectivity index (χ0) is 13.3. The SMILES string of the molecule is O=C(O)C1(CC2CCC3(CCCC3)O2)CCCCC1. The Morgan fingerprint density at radius 1 is 1.00 bits per heavy atom. The van der Waals surface area contributed by atoms with Crippen LogP contribution in [-0.4, -0.2) is 22.8 Å². The fraction of sp³-hybridized carbons (Fsp3) is 0.938. The molecule has 0 aromatic carbocycles. The highest BCUT2D eigenvalue weighted by Gasteiger charge is 2.47. The lowest BCUT2D eigenvalue weighted by Crippen LogP contribution is -2.37. The Kier molecular flexibility index (Phi) is 3.59. The molecule has 3 fully saturated rings. The molecule has 1 unspecified atom stereocenters. The third-order valence-electron chi connectivity index (χ3n) is 5.74. The molecule has 1 N–H and O–H groups in total. The van der Waals surface area contributed by atoms with Crippen LogP contribution in [0.25, 0.3) is 0 Å². The highest BCUT2D eigenvalue weighted by atomic mass is 16.5. The number of rotatable bonds is 3. The van der Waals surface area contributed by atoms with Crippen LogP contribution in [0.4, 0.5) is 0 Å². The van der Waals surface area contributed by atoms with Crippen molar-refractivity contribution in [2.75, 3.05) is 0 Å². The summed E-state index contributed by atoms with van der Waals surface area (Å²) >= 11 is 0. The summed E-state index contributed by atoms with van der Waals surface area (Å²) in [5.41, 5.74) is -0.341. The van der Waals surface area contributed by atoms with Gasteiger partial charge in [0.1, 0.15) is 0 Å². The molecule has 3 rings (SSSR count). The number of hydrogen-bond acceptors (Lipinski definition) is 2. The van der Waals surface area contributed by atoms with E-state index in [0.29, 0.717) is 0 Å². The van der Waals surface area contributed by atoms with Crippen molar-refractivity contribution < 1.29 is 14.6 Å². The van der Waals surface area contributed by atoms with Gasteiger partial charge < -0.3 is 9.84 Å². The van der Waals surface area contributed by atoms with E-state index in [0.717, 1.165) is 44.9 Å². The smallest absolute Gasteiger partial charge is 0.309 e. The fourth-order valence-electron chi connectivity index (χ4n) is 4.60. The number of ether oxygens (including phenoxy) is 1. The van der Waals surface area contributed by atoms with Gasteiger partial charge in [-0.05, 0) is 44.9 Å². The minimum atomic E-state index is -0.580. The average Bonchev–Trinajstić information content (AvgIpc) is 3.01. The summed E-state index contributed by atoms with van der Waals surface area (Å²) in [6.07, 6.45) is 13.2. The van der Waals surface area contributed by atoms with Crippen molar-refractivity contribution in [2.24, 2.45) is 5.41 Å². The molecule has 0 radical (unpaired) electrons. The quantitative estimate of drug-likeness (QED) is 0.842. The maximum Gasteiger partial charge on any atom is 0.309 e. The average molecular weight is 266 g/mol. The minimum absolute atomic E-state index is 0.138. The van der Waals surface area contributed by atoms with Crippen molar-refractivity contribution in [3.05, 3.63) is 0 Å². The number of carboxylic acid groups (broad SMARTS) is 1. The Bertz CT molecular complexity index is 338. The van der Waals surface area contributed by atoms with Crippen molar-refractivity contribution in [1.82, 2.24) is 0 Å². The van der Waals surface area contributed by atoms with Gasteiger partial charge in [-0.15, -0.1) is 0 Å². The lowest BCUT2D eigenvalue weighted by molar-refractivity contribution is -0.155. The summed E-state index contributed by atoms with van der Waals surface area (Å²) < 4.78 is 6.32. The van der Waals surface area contributed by atoms with Gasteiger partial charge in [0.2, 0.25) is 0 Å². The van der Waals surface area contributed by atoms with E-state index in [9.17, 15) is 9.90 Å². The molecule has 0 aromatic rings. The normalized spacial score (nSPS) is 32.7. The van der Waals surface area contributed by atoms with Crippen LogP contribution < -0.4 is 0 Å². The van der Waals surface area contributed by atoms with Crippen molar-refractivity contribution in [1.29, 1.82) is 0 Å². The van der Waals surface area contributed by atoms with E-state index in [1.54, 1.807) is 0 Å². The van der Waals surface area contributed by atoms with Crippen molar-refractivity contribution in [3.63, 3.8) is 0 Å². The van der Waals surface area contributed by atoms with E-state index in [-0.39, 0.29) is 11.7 Å². The lowest BCUT2D eigenvalue weighted by atomic mass is 9.70. The van der Waals surface area contributed by atoms with E-state index in [1.807, 2.05) is 0 Å². The maximum absolute atomic E-state index is 11.7. The number of carboxylic acids is 1. The Hall–Kier alpha value is -0.570. The van der Waals surface area contributed by atoms with Gasteiger partial charge in [-0.3, -0.25) is 4.79 Å². The summed E-state index contributed by atoms with van der Waals surface area (Å²) in [5.74, 6) is -0.580. The predicted molar refractivity (Wildman–Crippen MR) is 73.1 cm³/mol. The van der Waals surface area contributed by atoms with Crippen LogP contribution in [0.2, 0.25) is 0 Å². The molecule has 3 heteroatoms. The Morgan fingerprint density at radius 3 is 2.26 bits per heavy atom. The first-order valence-electron chi connectivity index (χ1n) is 8.06. The second-order valence-electron chi connectivity index (χ2n) is 7.02. The van der Waals surface area contributed by atoms with Crippen molar-refractivity contribution in [2.45, 2.75) is 88.8 Å². The minimum Gasteiger partial charge on any atom is -0.481 e. The standard InChI is InChI=1S/C16H26O3/c17-14(18)15(7-2-1-3-8-15)12-13-6-11-16(19-13)9-4-5-10-16/h13H,1-12H2,(H,17,18). The molecular weight excluding hydrogens is 240 g/mol. The van der Waals surface area contributed by atoms with E-state index in [1.165, 1.54) is 32.1 Å². The number of aliphatic carboxylic acids is 1. The molecule has 19 heavy (non-hydrogen) atoms. The molecule has 3 nitrogen and oxygen atoms in total. The number of hydrogen-bond donors (Lipinski definition) is 1. The molecule has 1 atom stereocenters. The van der Waals surface area contributed by atoms with Crippen molar-refractivity contribution >= 4 is 5.97 Å². The molecule has 2 saturated carbocycles. The first-order chi connectivity index (χ1) is 9.14. The van der Waals surface area contributed by atoms with Crippen LogP contribution in [0, 0.1) is 5.41 Å². The highest BCUT2D eigenvalue weighted by molar-refractivity contribution is 5.74. The topological polar surface area (TPSA) is 46.5 Å². The van der Waals surface area contributed by atoms with Crippen LogP contribution in [0.5, 0.6) is 0 Å². The van der Waals surface area contributed by atoms with Gasteiger partial charge in [0.05, 0.1) is 17.1 Å². The van der Waals surface area contributed by atoms with E-state index in [4.69, 9.17) is 4.74 Å². The van der Waals surface area contributed by atoms with Crippen LogP contribution in [-0.2, 0) is 9.53 Å². The molecule has 108 valence electrons. The van der Waals surface area contributed by atoms with Crippen LogP contribution in [0.3, 0.4) is 0 Å². The van der Waals surface area contributed by atoms with E-state index in [2.05, 4.69) is 0 Å². The molecule has 1 spiro atoms. The maximum atomic E-state index is 11.7. The van der Waals surface area contributed by atoms with E-state index < -0.39 is 11.4 Å². The zero-order valence-corrected chi connectivity index (χ0v) is 11.8. The largest absolute Gasteiger partial charge is 0.481 e. The third-order valence-corrected chi connectivity index (χ3v) is 5.74. The predicted octanol–water partition coefficient (Wildman–Crippen LogP) is 3.90. The summed E-state index contributed by atoms with van der Waals surface area (Å²) in [4.78, 5) is 11.7. The molecule has 1 aliphatic heterocycles. The highest BCUT2D eigenvalue weighted by Crippen LogP contribution is 2.48. The molecule has 3 aliphatic rings. The molecule has 0 amide bonds. The number of carbonyl (C=O) groups is 1. The summed E-state index contributed by atoms with van der Waals surface area (Å²) in [6.45, 7) is 0. The van der Waals surface area contributed by atoms with Gasteiger partial charge in [0, 0.05) is 0 Å². The first-order valence-corrected chi connectivity index (χ1v) is 8.06. The van der Waals surface area contributed by atoms with Crippen molar-refractivity contribution in [3.8, 4) is 0 Å². The summed E-state index contributed by atoms with van der Waals surface area (Å²) in [7, 11) is 0. The van der Waals surface area contributed by atoms with Crippen LogP contribution in [0.15, 0.2) is 0 Å². The van der Waals surface area contributed by atoms with Crippen LogP contribution >= 0.6 is 0 Å². The Balaban J connectivity index is 1.65. The molecule has 0 bridgehead atoms. The van der Waals surface area contributed by atoms with Gasteiger partial charge in [-0.1, -0.05) is 32.1 Å². The molecular formula is C16H26O3. The van der Waals surface area contributed by atoms with E-state index >= 15 is 0 Å². The Morgan fingerprint density at radius 2 is 1.63 bits per heavy atom. The fourth-order valence-corrected chi connectivity index (χ4v) is 4.60. The molecule has 1 saturated heterocycles. The zero-order valence-electron chi connectivity index (χ0n) is 11.8. The lowest BCUT2D eigenvalue weighted by Gasteiger charge is -2.35. The summed E-state index contributed by atoms with van der Waals surface area (Å²) in [6, 6.07) is 0. The van der Waals surface area contributed by atoms with Gasteiger partial charge in [-0.25, -0.2) is 0 Å². The summed E-state index contributed by atoms with van der Waals surface area (Å²) in [5, 5.41) is 9.65. The Labute approximate surface area is 115 Å². The van der Waals surface area contributed by atoms with Gasteiger partial charge in [-0.2, -0.15) is 0 Å². The van der Waals surface area contributed by atoms with Gasteiger partial charge in [0.25, 0.3) is 0 Å².